The number of hydrogen-bond acceptors (Lipinski definition) is 3. The summed E-state index contributed by atoms with van der Waals surface area (Å²) in [5, 5.41) is 7.54. The molecule has 96 valence electrons. The summed E-state index contributed by atoms with van der Waals surface area (Å²) >= 11 is 6.97. The molecule has 0 aliphatic rings. The van der Waals surface area contributed by atoms with Gasteiger partial charge in [0.1, 0.15) is 5.82 Å². The molecule has 0 saturated heterocycles. The fourth-order valence-corrected chi connectivity index (χ4v) is 4.24. The van der Waals surface area contributed by atoms with Crippen molar-refractivity contribution < 1.29 is 4.39 Å². The molecule has 0 aliphatic carbocycles. The lowest BCUT2D eigenvalue weighted by molar-refractivity contribution is 0.626. The van der Waals surface area contributed by atoms with Gasteiger partial charge in [-0.1, -0.05) is 0 Å². The van der Waals surface area contributed by atoms with E-state index in [9.17, 15) is 4.39 Å². The summed E-state index contributed by atoms with van der Waals surface area (Å²) in [6.45, 7) is 0. The van der Waals surface area contributed by atoms with Gasteiger partial charge in [-0.05, 0) is 58.2 Å². The molecule has 0 aliphatic heterocycles. The summed E-state index contributed by atoms with van der Waals surface area (Å²) in [4.78, 5) is 1.09. The third-order valence-electron chi connectivity index (χ3n) is 2.60. The van der Waals surface area contributed by atoms with Crippen molar-refractivity contribution in [2.45, 2.75) is 10.9 Å². The molecule has 0 spiro atoms. The zero-order valence-corrected chi connectivity index (χ0v) is 13.0. The topological polar surface area (TPSA) is 12.0 Å². The van der Waals surface area contributed by atoms with Crippen LogP contribution in [0.3, 0.4) is 0 Å². The van der Waals surface area contributed by atoms with Crippen molar-refractivity contribution in [3.63, 3.8) is 0 Å². The second-order valence-corrected chi connectivity index (χ2v) is 6.47. The molecule has 5 heteroatoms. The standard InChI is InChI=1S/C13H13BrFNS2/c1-16-13(11-6-17-7-12(11)14)8-18-10-4-2-9(15)3-5-10/h2-7,13,16H,8H2,1H3. The van der Waals surface area contributed by atoms with Crippen LogP contribution in [0.1, 0.15) is 11.6 Å². The van der Waals surface area contributed by atoms with E-state index in [0.717, 1.165) is 15.1 Å². The first-order valence-electron chi connectivity index (χ1n) is 5.48. The molecule has 0 fully saturated rings. The lowest BCUT2D eigenvalue weighted by Crippen LogP contribution is -2.18. The van der Waals surface area contributed by atoms with E-state index >= 15 is 0 Å². The molecule has 1 aromatic heterocycles. The fourth-order valence-electron chi connectivity index (χ4n) is 1.58. The number of thioether (sulfide) groups is 1. The van der Waals surface area contributed by atoms with Crippen LogP contribution in [-0.4, -0.2) is 12.8 Å². The molecular formula is C13H13BrFNS2. The molecule has 2 aromatic rings. The summed E-state index contributed by atoms with van der Waals surface area (Å²) in [5.41, 5.74) is 1.28. The Morgan fingerprint density at radius 2 is 2.06 bits per heavy atom. The summed E-state index contributed by atoms with van der Waals surface area (Å²) in [7, 11) is 1.96. The highest BCUT2D eigenvalue weighted by molar-refractivity contribution is 9.10. The predicted molar refractivity (Wildman–Crippen MR) is 80.9 cm³/mol. The Morgan fingerprint density at radius 1 is 1.33 bits per heavy atom. The van der Waals surface area contributed by atoms with Crippen LogP contribution in [0, 0.1) is 5.82 Å². The molecule has 1 aromatic carbocycles. The highest BCUT2D eigenvalue weighted by atomic mass is 79.9. The Labute approximate surface area is 123 Å². The summed E-state index contributed by atoms with van der Waals surface area (Å²) in [6.07, 6.45) is 0. The lowest BCUT2D eigenvalue weighted by Gasteiger charge is -2.15. The van der Waals surface area contributed by atoms with E-state index in [-0.39, 0.29) is 5.82 Å². The van der Waals surface area contributed by atoms with Crippen LogP contribution in [0.4, 0.5) is 4.39 Å². The predicted octanol–water partition coefficient (Wildman–Crippen LogP) is 4.70. The first kappa shape index (κ1) is 14.1. The Hall–Kier alpha value is -0.360. The highest BCUT2D eigenvalue weighted by Gasteiger charge is 2.13. The van der Waals surface area contributed by atoms with E-state index in [2.05, 4.69) is 32.0 Å². The second-order valence-electron chi connectivity index (χ2n) is 3.78. The molecule has 0 saturated carbocycles. The molecule has 0 radical (unpaired) electrons. The molecule has 1 unspecified atom stereocenters. The van der Waals surface area contributed by atoms with E-state index in [1.165, 1.54) is 17.7 Å². The van der Waals surface area contributed by atoms with Gasteiger partial charge in [-0.2, -0.15) is 11.3 Å². The zero-order chi connectivity index (χ0) is 13.0. The molecule has 1 nitrogen and oxygen atoms in total. The number of thiophene rings is 1. The number of hydrogen-bond donors (Lipinski definition) is 1. The van der Waals surface area contributed by atoms with E-state index in [4.69, 9.17) is 0 Å². The van der Waals surface area contributed by atoms with Crippen LogP contribution in [0.15, 0.2) is 44.4 Å². The van der Waals surface area contributed by atoms with Gasteiger partial charge in [0.05, 0.1) is 0 Å². The smallest absolute Gasteiger partial charge is 0.123 e. The number of nitrogens with one attached hydrogen (secondary N) is 1. The molecule has 0 bridgehead atoms. The van der Waals surface area contributed by atoms with Crippen LogP contribution in [0.5, 0.6) is 0 Å². The van der Waals surface area contributed by atoms with Gasteiger partial charge in [-0.25, -0.2) is 4.39 Å². The van der Waals surface area contributed by atoms with Gasteiger partial charge in [-0.15, -0.1) is 11.8 Å². The van der Waals surface area contributed by atoms with Gasteiger partial charge < -0.3 is 5.32 Å². The van der Waals surface area contributed by atoms with Crippen molar-refractivity contribution in [2.75, 3.05) is 12.8 Å². The number of halogens is 2. The Bertz CT molecular complexity index is 498. The van der Waals surface area contributed by atoms with Gasteiger partial charge in [0.2, 0.25) is 0 Å². The molecule has 0 amide bonds. The second kappa shape index (κ2) is 6.70. The van der Waals surface area contributed by atoms with Crippen LogP contribution in [-0.2, 0) is 0 Å². The summed E-state index contributed by atoms with van der Waals surface area (Å²) < 4.78 is 13.9. The Morgan fingerprint density at radius 3 is 2.61 bits per heavy atom. The minimum Gasteiger partial charge on any atom is -0.312 e. The quantitative estimate of drug-likeness (QED) is 0.788. The number of rotatable bonds is 5. The van der Waals surface area contributed by atoms with Crippen LogP contribution >= 0.6 is 39.0 Å². The normalized spacial score (nSPS) is 12.6. The van der Waals surface area contributed by atoms with Crippen LogP contribution in [0.2, 0.25) is 0 Å². The fraction of sp³-hybridized carbons (Fsp3) is 0.231. The largest absolute Gasteiger partial charge is 0.312 e. The maximum absolute atomic E-state index is 12.8. The monoisotopic (exact) mass is 345 g/mol. The van der Waals surface area contributed by atoms with Gasteiger partial charge in [0.25, 0.3) is 0 Å². The van der Waals surface area contributed by atoms with Crippen molar-refractivity contribution >= 4 is 39.0 Å². The van der Waals surface area contributed by atoms with Gasteiger partial charge in [0, 0.05) is 26.5 Å². The van der Waals surface area contributed by atoms with E-state index in [0.29, 0.717) is 6.04 Å². The van der Waals surface area contributed by atoms with Crippen molar-refractivity contribution in [3.05, 3.63) is 50.9 Å². The molecule has 1 heterocycles. The molecule has 18 heavy (non-hydrogen) atoms. The summed E-state index contributed by atoms with van der Waals surface area (Å²) in [6, 6.07) is 6.92. The SMILES string of the molecule is CNC(CSc1ccc(F)cc1)c1cscc1Br. The minimum atomic E-state index is -0.190. The van der Waals surface area contributed by atoms with Crippen LogP contribution < -0.4 is 5.32 Å². The van der Waals surface area contributed by atoms with E-state index < -0.39 is 0 Å². The first-order valence-corrected chi connectivity index (χ1v) is 8.20. The van der Waals surface area contributed by atoms with Gasteiger partial charge in [-0.3, -0.25) is 0 Å². The minimum absolute atomic E-state index is 0.190. The van der Waals surface area contributed by atoms with E-state index in [1.54, 1.807) is 23.1 Å². The Balaban J connectivity index is 2.00. The zero-order valence-electron chi connectivity index (χ0n) is 9.82. The molecule has 2 rings (SSSR count). The maximum atomic E-state index is 12.8. The third-order valence-corrected chi connectivity index (χ3v) is 5.45. The average Bonchev–Trinajstić information content (AvgIpc) is 2.79. The lowest BCUT2D eigenvalue weighted by atomic mass is 10.2. The highest BCUT2D eigenvalue weighted by Crippen LogP contribution is 2.31. The van der Waals surface area contributed by atoms with Crippen molar-refractivity contribution in [3.8, 4) is 0 Å². The van der Waals surface area contributed by atoms with Gasteiger partial charge in [0.15, 0.2) is 0 Å². The molecule has 1 atom stereocenters. The Kier molecular flexibility index (Phi) is 5.24. The first-order chi connectivity index (χ1) is 8.70. The maximum Gasteiger partial charge on any atom is 0.123 e. The number of benzene rings is 1. The van der Waals surface area contributed by atoms with Gasteiger partial charge >= 0.3 is 0 Å². The molecule has 1 N–H and O–H groups in total. The molecular weight excluding hydrogens is 333 g/mol. The van der Waals surface area contributed by atoms with Crippen molar-refractivity contribution in [2.24, 2.45) is 0 Å². The van der Waals surface area contributed by atoms with Crippen molar-refractivity contribution in [1.29, 1.82) is 0 Å². The third kappa shape index (κ3) is 3.57. The summed E-state index contributed by atoms with van der Waals surface area (Å²) in [5.74, 6) is 0.724. The van der Waals surface area contributed by atoms with Crippen LogP contribution in [0.25, 0.3) is 0 Å². The van der Waals surface area contributed by atoms with E-state index in [1.807, 2.05) is 19.2 Å². The average molecular weight is 346 g/mol. The van der Waals surface area contributed by atoms with Crippen molar-refractivity contribution in [1.82, 2.24) is 5.32 Å².